The molecule has 0 bridgehead atoms. The van der Waals surface area contributed by atoms with Crippen molar-refractivity contribution in [1.82, 2.24) is 4.90 Å². The second-order valence-electron chi connectivity index (χ2n) is 8.44. The van der Waals surface area contributed by atoms with Crippen LogP contribution in [0.1, 0.15) is 41.2 Å². The molecule has 1 amide bonds. The number of hydrogen-bond donors (Lipinski definition) is 0. The highest BCUT2D eigenvalue weighted by Gasteiger charge is 2.34. The lowest BCUT2D eigenvalue weighted by molar-refractivity contribution is 0.0724. The zero-order chi connectivity index (χ0) is 23.7. The Hall–Kier alpha value is -2.90. The highest BCUT2D eigenvalue weighted by molar-refractivity contribution is 7.86. The first kappa shape index (κ1) is 22.9. The van der Waals surface area contributed by atoms with E-state index in [2.05, 4.69) is 0 Å². The highest BCUT2D eigenvalue weighted by Crippen LogP contribution is 2.42. The summed E-state index contributed by atoms with van der Waals surface area (Å²) in [5.74, 6) is 0.0962. The molecule has 1 saturated heterocycles. The first-order valence-corrected chi connectivity index (χ1v) is 12.8. The second kappa shape index (κ2) is 9.76. The molecule has 2 atom stereocenters. The molecule has 2 unspecified atom stereocenters. The average Bonchev–Trinajstić information content (AvgIpc) is 2.88. The van der Waals surface area contributed by atoms with Crippen molar-refractivity contribution in [2.24, 2.45) is 0 Å². The fourth-order valence-electron chi connectivity index (χ4n) is 4.41. The standard InChI is InChI=1S/C26H24ClFN2O3S/c27-20-7-4-18(5-8-20)24-17-33-25-16-19(26(31)29-14-2-1-3-15-29)6-13-23(25)30(24)34(32)22-11-9-21(28)10-12-22/h4-13,16,24H,1-3,14-15,17H2. The SMILES string of the molecule is O=C(c1ccc2c(c1)OCC(c1ccc(Cl)cc1)N2S(=O)c1ccc(F)cc1)N1CCCCC1. The lowest BCUT2D eigenvalue weighted by atomic mass is 10.0. The summed E-state index contributed by atoms with van der Waals surface area (Å²) in [4.78, 5) is 15.4. The minimum absolute atomic E-state index is 0.0165. The number of rotatable bonds is 4. The van der Waals surface area contributed by atoms with E-state index in [0.717, 1.165) is 37.9 Å². The van der Waals surface area contributed by atoms with Crippen LogP contribution in [0.15, 0.2) is 71.6 Å². The number of hydrogen-bond acceptors (Lipinski definition) is 3. The van der Waals surface area contributed by atoms with Gasteiger partial charge in [-0.3, -0.25) is 9.10 Å². The van der Waals surface area contributed by atoms with Crippen LogP contribution in [0.3, 0.4) is 0 Å². The summed E-state index contributed by atoms with van der Waals surface area (Å²) in [5, 5.41) is 0.605. The van der Waals surface area contributed by atoms with Crippen LogP contribution in [0, 0.1) is 5.82 Å². The molecule has 5 nitrogen and oxygen atoms in total. The molecule has 8 heteroatoms. The number of amides is 1. The number of piperidine rings is 1. The second-order valence-corrected chi connectivity index (χ2v) is 10.2. The highest BCUT2D eigenvalue weighted by atomic mass is 35.5. The van der Waals surface area contributed by atoms with Crippen LogP contribution in [0.4, 0.5) is 10.1 Å². The van der Waals surface area contributed by atoms with Crippen molar-refractivity contribution in [1.29, 1.82) is 0 Å². The van der Waals surface area contributed by atoms with E-state index in [-0.39, 0.29) is 18.6 Å². The van der Waals surface area contributed by atoms with Gasteiger partial charge in [0.25, 0.3) is 5.91 Å². The smallest absolute Gasteiger partial charge is 0.253 e. The van der Waals surface area contributed by atoms with E-state index in [4.69, 9.17) is 16.3 Å². The minimum atomic E-state index is -1.64. The van der Waals surface area contributed by atoms with Crippen molar-refractivity contribution in [3.63, 3.8) is 0 Å². The molecular weight excluding hydrogens is 475 g/mol. The molecule has 0 spiro atoms. The third-order valence-electron chi connectivity index (χ3n) is 6.22. The van der Waals surface area contributed by atoms with Gasteiger partial charge in [0, 0.05) is 23.7 Å². The van der Waals surface area contributed by atoms with Crippen LogP contribution in [0.2, 0.25) is 5.02 Å². The minimum Gasteiger partial charge on any atom is -0.489 e. The van der Waals surface area contributed by atoms with Gasteiger partial charge >= 0.3 is 0 Å². The van der Waals surface area contributed by atoms with Crippen molar-refractivity contribution in [2.75, 3.05) is 24.0 Å². The maximum absolute atomic E-state index is 13.7. The predicted molar refractivity (Wildman–Crippen MR) is 131 cm³/mol. The molecule has 0 saturated carbocycles. The molecule has 34 heavy (non-hydrogen) atoms. The van der Waals surface area contributed by atoms with E-state index in [1.807, 2.05) is 17.0 Å². The Balaban J connectivity index is 1.53. The van der Waals surface area contributed by atoms with Crippen LogP contribution >= 0.6 is 11.6 Å². The van der Waals surface area contributed by atoms with Crippen molar-refractivity contribution >= 4 is 34.2 Å². The Bertz CT molecular complexity index is 1210. The van der Waals surface area contributed by atoms with Gasteiger partial charge in [0.05, 0.1) is 10.6 Å². The van der Waals surface area contributed by atoms with E-state index < -0.39 is 16.8 Å². The Morgan fingerprint density at radius 1 is 0.971 bits per heavy atom. The van der Waals surface area contributed by atoms with Crippen molar-refractivity contribution in [2.45, 2.75) is 30.2 Å². The first-order valence-electron chi connectivity index (χ1n) is 11.3. The van der Waals surface area contributed by atoms with Gasteiger partial charge in [-0.1, -0.05) is 23.7 Å². The van der Waals surface area contributed by atoms with Crippen LogP contribution in [-0.2, 0) is 11.0 Å². The van der Waals surface area contributed by atoms with Crippen molar-refractivity contribution in [3.05, 3.63) is 88.7 Å². The van der Waals surface area contributed by atoms with Crippen LogP contribution in [-0.4, -0.2) is 34.7 Å². The molecule has 0 N–H and O–H groups in total. The van der Waals surface area contributed by atoms with E-state index in [1.165, 1.54) is 24.3 Å². The van der Waals surface area contributed by atoms with Gasteiger partial charge in [-0.25, -0.2) is 8.60 Å². The van der Waals surface area contributed by atoms with Crippen LogP contribution < -0.4 is 9.04 Å². The summed E-state index contributed by atoms with van der Waals surface area (Å²) in [6.45, 7) is 1.76. The van der Waals surface area contributed by atoms with Crippen LogP contribution in [0.5, 0.6) is 5.75 Å². The molecule has 3 aromatic rings. The van der Waals surface area contributed by atoms with Gasteiger partial charge in [0.15, 0.2) is 11.0 Å². The van der Waals surface area contributed by atoms with E-state index in [9.17, 15) is 13.4 Å². The lowest BCUT2D eigenvalue weighted by Crippen LogP contribution is -2.38. The van der Waals surface area contributed by atoms with Crippen LogP contribution in [0.25, 0.3) is 0 Å². The summed E-state index contributed by atoms with van der Waals surface area (Å²) in [6, 6.07) is 17.9. The molecule has 0 aliphatic carbocycles. The molecule has 2 aliphatic heterocycles. The van der Waals surface area contributed by atoms with Gasteiger partial charge in [0.1, 0.15) is 24.2 Å². The summed E-state index contributed by atoms with van der Waals surface area (Å²) < 4.78 is 35.1. The molecule has 5 rings (SSSR count). The molecule has 2 heterocycles. The topological polar surface area (TPSA) is 49.9 Å². The fraction of sp³-hybridized carbons (Fsp3) is 0.269. The lowest BCUT2D eigenvalue weighted by Gasteiger charge is -2.37. The van der Waals surface area contributed by atoms with Gasteiger partial charge in [-0.15, -0.1) is 0 Å². The molecule has 3 aromatic carbocycles. The van der Waals surface area contributed by atoms with Gasteiger partial charge in [-0.2, -0.15) is 0 Å². The maximum Gasteiger partial charge on any atom is 0.253 e. The average molecular weight is 499 g/mol. The van der Waals surface area contributed by atoms with E-state index >= 15 is 0 Å². The summed E-state index contributed by atoms with van der Waals surface area (Å²) in [6.07, 6.45) is 3.17. The quantitative estimate of drug-likeness (QED) is 0.459. The molecule has 176 valence electrons. The zero-order valence-electron chi connectivity index (χ0n) is 18.5. The van der Waals surface area contributed by atoms with E-state index in [0.29, 0.717) is 26.9 Å². The summed E-state index contributed by atoms with van der Waals surface area (Å²) in [7, 11) is -1.64. The number of carbonyl (C=O) groups is 1. The number of benzene rings is 3. The monoisotopic (exact) mass is 498 g/mol. The van der Waals surface area contributed by atoms with Crippen molar-refractivity contribution in [3.8, 4) is 5.75 Å². The normalized spacial score (nSPS) is 18.7. The predicted octanol–water partition coefficient (Wildman–Crippen LogP) is 5.77. The molecule has 0 aromatic heterocycles. The molecule has 2 aliphatic rings. The van der Waals surface area contributed by atoms with Gasteiger partial charge in [0.2, 0.25) is 0 Å². The molecular formula is C26H24ClFN2O3S. The van der Waals surface area contributed by atoms with Crippen molar-refractivity contribution < 1.29 is 18.1 Å². The summed E-state index contributed by atoms with van der Waals surface area (Å²) in [5.41, 5.74) is 2.06. The Morgan fingerprint density at radius 2 is 1.68 bits per heavy atom. The number of nitrogens with zero attached hydrogens (tertiary/aromatic N) is 2. The number of fused-ring (bicyclic) bond motifs is 1. The first-order chi connectivity index (χ1) is 16.5. The number of ether oxygens (including phenoxy) is 1. The fourth-order valence-corrected chi connectivity index (χ4v) is 5.88. The Morgan fingerprint density at radius 3 is 2.38 bits per heavy atom. The van der Waals surface area contributed by atoms with Gasteiger partial charge in [-0.05, 0) is 79.4 Å². The number of likely N-dealkylation sites (tertiary alicyclic amines) is 1. The molecule has 1 fully saturated rings. The zero-order valence-corrected chi connectivity index (χ0v) is 20.0. The number of halogens is 2. The van der Waals surface area contributed by atoms with E-state index in [1.54, 1.807) is 34.6 Å². The largest absolute Gasteiger partial charge is 0.489 e. The maximum atomic E-state index is 13.7. The molecule has 0 radical (unpaired) electrons. The number of carbonyl (C=O) groups excluding carboxylic acids is 1. The Labute approximate surface area is 205 Å². The summed E-state index contributed by atoms with van der Waals surface area (Å²) >= 11 is 6.08. The third-order valence-corrected chi connectivity index (χ3v) is 7.95. The van der Waals surface area contributed by atoms with Gasteiger partial charge < -0.3 is 9.64 Å². The third kappa shape index (κ3) is 4.55. The Kier molecular flexibility index (Phi) is 6.57. The number of anilines is 1.